The monoisotopic (exact) mass is 250 g/mol. The van der Waals surface area contributed by atoms with Crippen molar-refractivity contribution in [1.82, 2.24) is 9.80 Å². The molecule has 0 aromatic rings. The van der Waals surface area contributed by atoms with E-state index in [1.807, 2.05) is 0 Å². The molecule has 102 valence electrons. The van der Waals surface area contributed by atoms with Gasteiger partial charge in [-0.2, -0.15) is 0 Å². The van der Waals surface area contributed by atoms with Crippen molar-refractivity contribution in [3.05, 3.63) is 0 Å². The summed E-state index contributed by atoms with van der Waals surface area (Å²) >= 11 is 0. The van der Waals surface area contributed by atoms with E-state index in [0.717, 1.165) is 19.1 Å². The van der Waals surface area contributed by atoms with Crippen molar-refractivity contribution < 1.29 is 4.79 Å². The van der Waals surface area contributed by atoms with Crippen molar-refractivity contribution in [3.8, 4) is 0 Å². The van der Waals surface area contributed by atoms with Crippen LogP contribution in [0.5, 0.6) is 0 Å². The first-order chi connectivity index (χ1) is 8.75. The Morgan fingerprint density at radius 3 is 2.17 bits per heavy atom. The van der Waals surface area contributed by atoms with Gasteiger partial charge in [-0.3, -0.25) is 4.79 Å². The Morgan fingerprint density at radius 2 is 1.61 bits per heavy atom. The maximum Gasteiger partial charge on any atom is 0.225 e. The van der Waals surface area contributed by atoms with Gasteiger partial charge in [-0.15, -0.1) is 0 Å². The van der Waals surface area contributed by atoms with Crippen LogP contribution in [0.15, 0.2) is 0 Å². The zero-order valence-electron chi connectivity index (χ0n) is 11.6. The van der Waals surface area contributed by atoms with E-state index in [4.69, 9.17) is 0 Å². The molecule has 2 saturated heterocycles. The van der Waals surface area contributed by atoms with E-state index in [0.29, 0.717) is 11.8 Å². The summed E-state index contributed by atoms with van der Waals surface area (Å²) < 4.78 is 0. The maximum atomic E-state index is 12.4. The van der Waals surface area contributed by atoms with Gasteiger partial charge < -0.3 is 9.80 Å². The molecule has 2 aliphatic heterocycles. The summed E-state index contributed by atoms with van der Waals surface area (Å²) in [6, 6.07) is 0.899. The molecule has 0 aromatic carbocycles. The summed E-state index contributed by atoms with van der Waals surface area (Å²) in [6.07, 6.45) is 7.70. The van der Waals surface area contributed by atoms with Crippen LogP contribution in [0.3, 0.4) is 0 Å². The Hall–Kier alpha value is -0.570. The lowest BCUT2D eigenvalue weighted by Gasteiger charge is -2.35. The zero-order valence-corrected chi connectivity index (χ0v) is 11.6. The quantitative estimate of drug-likeness (QED) is 0.766. The second-order valence-electron chi connectivity index (χ2n) is 6.43. The van der Waals surface area contributed by atoms with Crippen LogP contribution in [0.1, 0.15) is 45.4 Å². The summed E-state index contributed by atoms with van der Waals surface area (Å²) in [4.78, 5) is 17.1. The van der Waals surface area contributed by atoms with Crippen molar-refractivity contribution in [2.45, 2.75) is 51.5 Å². The highest BCUT2D eigenvalue weighted by molar-refractivity contribution is 5.79. The van der Waals surface area contributed by atoms with Crippen LogP contribution in [0.4, 0.5) is 0 Å². The molecule has 0 N–H and O–H groups in total. The average molecular weight is 250 g/mol. The molecule has 18 heavy (non-hydrogen) atoms. The number of piperidine rings is 1. The molecule has 3 rings (SSSR count). The molecule has 1 saturated carbocycles. The third kappa shape index (κ3) is 2.56. The highest BCUT2D eigenvalue weighted by Gasteiger charge is 2.35. The minimum Gasteiger partial charge on any atom is -0.342 e. The summed E-state index contributed by atoms with van der Waals surface area (Å²) in [6.45, 7) is 6.63. The largest absolute Gasteiger partial charge is 0.342 e. The van der Waals surface area contributed by atoms with Gasteiger partial charge in [0.1, 0.15) is 0 Å². The highest BCUT2D eigenvalue weighted by atomic mass is 16.2. The van der Waals surface area contributed by atoms with E-state index in [9.17, 15) is 4.79 Å². The van der Waals surface area contributed by atoms with Crippen LogP contribution < -0.4 is 0 Å². The van der Waals surface area contributed by atoms with Gasteiger partial charge >= 0.3 is 0 Å². The molecule has 1 aliphatic carbocycles. The second-order valence-corrected chi connectivity index (χ2v) is 6.43. The normalized spacial score (nSPS) is 28.6. The van der Waals surface area contributed by atoms with Crippen molar-refractivity contribution in [3.63, 3.8) is 0 Å². The average Bonchev–Trinajstić information content (AvgIpc) is 3.12. The zero-order chi connectivity index (χ0) is 12.5. The molecule has 1 atom stereocenters. The number of rotatable bonds is 3. The molecular weight excluding hydrogens is 224 g/mol. The Balaban J connectivity index is 1.49. The van der Waals surface area contributed by atoms with Gasteiger partial charge in [0.2, 0.25) is 5.91 Å². The molecule has 0 bridgehead atoms. The summed E-state index contributed by atoms with van der Waals surface area (Å²) in [5.74, 6) is 1.31. The number of nitrogens with zero attached hydrogens (tertiary/aromatic N) is 2. The van der Waals surface area contributed by atoms with E-state index in [1.165, 1.54) is 51.6 Å². The topological polar surface area (TPSA) is 23.6 Å². The summed E-state index contributed by atoms with van der Waals surface area (Å²) in [7, 11) is 0. The Bertz CT molecular complexity index is 300. The van der Waals surface area contributed by atoms with Gasteiger partial charge in [-0.05, 0) is 57.5 Å². The van der Waals surface area contributed by atoms with Crippen LogP contribution in [0.25, 0.3) is 0 Å². The first kappa shape index (κ1) is 12.5. The molecule has 2 heterocycles. The highest BCUT2D eigenvalue weighted by Crippen LogP contribution is 2.33. The Kier molecular flexibility index (Phi) is 3.60. The van der Waals surface area contributed by atoms with Crippen molar-refractivity contribution in [1.29, 1.82) is 0 Å². The molecule has 0 radical (unpaired) electrons. The third-order valence-corrected chi connectivity index (χ3v) is 5.15. The second kappa shape index (κ2) is 5.20. The van der Waals surface area contributed by atoms with Crippen LogP contribution in [0, 0.1) is 11.8 Å². The number of likely N-dealkylation sites (tertiary alicyclic amines) is 2. The number of amides is 1. The molecule has 3 fully saturated rings. The fraction of sp³-hybridized carbons (Fsp3) is 0.933. The first-order valence-electron chi connectivity index (χ1n) is 7.78. The van der Waals surface area contributed by atoms with Crippen molar-refractivity contribution in [2.24, 2.45) is 11.8 Å². The predicted molar refractivity (Wildman–Crippen MR) is 72.3 cm³/mol. The minimum atomic E-state index is 0.254. The maximum absolute atomic E-state index is 12.4. The van der Waals surface area contributed by atoms with Gasteiger partial charge in [0.25, 0.3) is 0 Å². The van der Waals surface area contributed by atoms with Crippen LogP contribution >= 0.6 is 0 Å². The van der Waals surface area contributed by atoms with E-state index >= 15 is 0 Å². The molecule has 0 unspecified atom stereocenters. The smallest absolute Gasteiger partial charge is 0.225 e. The van der Waals surface area contributed by atoms with Gasteiger partial charge in [-0.1, -0.05) is 6.92 Å². The molecule has 0 aromatic heterocycles. The van der Waals surface area contributed by atoms with E-state index in [-0.39, 0.29) is 5.92 Å². The predicted octanol–water partition coefficient (Wildman–Crippen LogP) is 2.12. The SMILES string of the molecule is C[C@@H](C(=O)N1CCCC1)C1CCN(C2CC2)CC1. The third-order valence-electron chi connectivity index (χ3n) is 5.15. The van der Waals surface area contributed by atoms with Gasteiger partial charge in [-0.25, -0.2) is 0 Å². The van der Waals surface area contributed by atoms with Crippen LogP contribution in [0.2, 0.25) is 0 Å². The lowest BCUT2D eigenvalue weighted by Crippen LogP contribution is -2.41. The Labute approximate surface area is 111 Å². The number of hydrogen-bond acceptors (Lipinski definition) is 2. The number of carbonyl (C=O) groups is 1. The molecule has 0 spiro atoms. The standard InChI is InChI=1S/C15H26N2O/c1-12(15(18)17-8-2-3-9-17)13-6-10-16(11-7-13)14-4-5-14/h12-14H,2-11H2,1H3/t12-/m1/s1. The molecular formula is C15H26N2O. The Morgan fingerprint density at radius 1 is 1.00 bits per heavy atom. The van der Waals surface area contributed by atoms with Crippen molar-refractivity contribution in [2.75, 3.05) is 26.2 Å². The van der Waals surface area contributed by atoms with E-state index in [1.54, 1.807) is 0 Å². The van der Waals surface area contributed by atoms with Crippen LogP contribution in [-0.2, 0) is 4.79 Å². The molecule has 3 aliphatic rings. The fourth-order valence-corrected chi connectivity index (χ4v) is 3.65. The first-order valence-corrected chi connectivity index (χ1v) is 7.78. The summed E-state index contributed by atoms with van der Waals surface area (Å²) in [5, 5.41) is 0. The minimum absolute atomic E-state index is 0.254. The van der Waals surface area contributed by atoms with Gasteiger partial charge in [0.15, 0.2) is 0 Å². The van der Waals surface area contributed by atoms with E-state index < -0.39 is 0 Å². The molecule has 1 amide bonds. The lowest BCUT2D eigenvalue weighted by molar-refractivity contribution is -0.136. The van der Waals surface area contributed by atoms with Gasteiger partial charge in [0.05, 0.1) is 0 Å². The number of hydrogen-bond donors (Lipinski definition) is 0. The van der Waals surface area contributed by atoms with Gasteiger partial charge in [0, 0.05) is 25.0 Å². The fourth-order valence-electron chi connectivity index (χ4n) is 3.65. The molecule has 3 nitrogen and oxygen atoms in total. The van der Waals surface area contributed by atoms with Crippen molar-refractivity contribution >= 4 is 5.91 Å². The lowest BCUT2D eigenvalue weighted by atomic mass is 9.84. The van der Waals surface area contributed by atoms with Crippen LogP contribution in [-0.4, -0.2) is 47.9 Å². The van der Waals surface area contributed by atoms with E-state index in [2.05, 4.69) is 16.7 Å². The number of carbonyl (C=O) groups excluding carboxylic acids is 1. The molecule has 3 heteroatoms. The summed E-state index contributed by atoms with van der Waals surface area (Å²) in [5.41, 5.74) is 0.